The topological polar surface area (TPSA) is 51.2 Å². The predicted molar refractivity (Wildman–Crippen MR) is 47.7 cm³/mol. The highest BCUT2D eigenvalue weighted by Crippen LogP contribution is 2.27. The van der Waals surface area contributed by atoms with Gasteiger partial charge in [-0.25, -0.2) is 0 Å². The number of carbonyl (C=O) groups is 3. The maximum absolute atomic E-state index is 10.4. The number of thiol groups is 1. The molecule has 0 saturated heterocycles. The molecular weight excluding hydrogens is 196 g/mol. The first kappa shape index (κ1) is 9.15. The van der Waals surface area contributed by atoms with E-state index in [1.165, 1.54) is 0 Å². The Balaban J connectivity index is 3.44. The van der Waals surface area contributed by atoms with Crippen LogP contribution in [-0.2, 0) is 0 Å². The third kappa shape index (κ3) is 1.33. The molecular formula is C7H4O3S2. The van der Waals surface area contributed by atoms with Crippen LogP contribution in [0.5, 0.6) is 0 Å². The molecule has 0 saturated carbocycles. The zero-order valence-electron chi connectivity index (χ0n) is 5.81. The average Bonchev–Trinajstić information content (AvgIpc) is 2.40. The Morgan fingerprint density at radius 1 is 1.00 bits per heavy atom. The molecule has 0 unspecified atom stereocenters. The summed E-state index contributed by atoms with van der Waals surface area (Å²) in [5, 5.41) is 0. The molecule has 0 aliphatic carbocycles. The van der Waals surface area contributed by atoms with E-state index < -0.39 is 0 Å². The standard InChI is InChI=1S/C7H4O3S2/c8-1-4-5(2-9)7(11)12-6(4)3-10/h1-3,11H. The lowest BCUT2D eigenvalue weighted by Crippen LogP contribution is -1.88. The lowest BCUT2D eigenvalue weighted by molar-refractivity contribution is 0.108. The van der Waals surface area contributed by atoms with Gasteiger partial charge in [-0.2, -0.15) is 0 Å². The number of thiophene rings is 1. The van der Waals surface area contributed by atoms with E-state index in [1.54, 1.807) is 0 Å². The Kier molecular flexibility index (Phi) is 2.78. The first-order valence-corrected chi connectivity index (χ1v) is 4.22. The van der Waals surface area contributed by atoms with Crippen molar-refractivity contribution in [2.45, 2.75) is 4.21 Å². The molecule has 1 rings (SSSR count). The minimum atomic E-state index is 0.134. The first-order chi connectivity index (χ1) is 5.74. The van der Waals surface area contributed by atoms with Gasteiger partial charge in [0.15, 0.2) is 18.9 Å². The minimum absolute atomic E-state index is 0.134. The lowest BCUT2D eigenvalue weighted by atomic mass is 10.2. The van der Waals surface area contributed by atoms with Crippen molar-refractivity contribution in [1.29, 1.82) is 0 Å². The molecule has 12 heavy (non-hydrogen) atoms. The lowest BCUT2D eigenvalue weighted by Gasteiger charge is -1.85. The zero-order valence-corrected chi connectivity index (χ0v) is 7.52. The summed E-state index contributed by atoms with van der Waals surface area (Å²) in [5.41, 5.74) is 0.329. The van der Waals surface area contributed by atoms with Crippen molar-refractivity contribution in [3.63, 3.8) is 0 Å². The van der Waals surface area contributed by atoms with Crippen LogP contribution in [-0.4, -0.2) is 18.9 Å². The van der Waals surface area contributed by atoms with Crippen molar-refractivity contribution in [2.24, 2.45) is 0 Å². The summed E-state index contributed by atoms with van der Waals surface area (Å²) in [6.45, 7) is 0. The van der Waals surface area contributed by atoms with E-state index in [0.29, 0.717) is 23.1 Å². The van der Waals surface area contributed by atoms with E-state index in [4.69, 9.17) is 0 Å². The molecule has 0 aliphatic rings. The molecule has 1 aromatic rings. The number of hydrogen-bond donors (Lipinski definition) is 1. The van der Waals surface area contributed by atoms with Crippen LogP contribution in [0.25, 0.3) is 0 Å². The molecule has 0 bridgehead atoms. The zero-order chi connectivity index (χ0) is 9.14. The number of aldehydes is 3. The fraction of sp³-hybridized carbons (Fsp3) is 0. The second kappa shape index (κ2) is 3.64. The van der Waals surface area contributed by atoms with Crippen LogP contribution >= 0.6 is 24.0 Å². The van der Waals surface area contributed by atoms with Crippen LogP contribution in [0.3, 0.4) is 0 Å². The molecule has 0 amide bonds. The summed E-state index contributed by atoms with van der Waals surface area (Å²) in [6, 6.07) is 0. The molecule has 0 N–H and O–H groups in total. The fourth-order valence-corrected chi connectivity index (χ4v) is 2.05. The van der Waals surface area contributed by atoms with Crippen molar-refractivity contribution in [3.05, 3.63) is 16.0 Å². The first-order valence-electron chi connectivity index (χ1n) is 2.95. The molecule has 5 heteroatoms. The maximum Gasteiger partial charge on any atom is 0.160 e. The minimum Gasteiger partial charge on any atom is -0.298 e. The van der Waals surface area contributed by atoms with Crippen LogP contribution in [0, 0.1) is 0 Å². The van der Waals surface area contributed by atoms with E-state index >= 15 is 0 Å². The summed E-state index contributed by atoms with van der Waals surface area (Å²) >= 11 is 4.97. The molecule has 0 aliphatic heterocycles. The van der Waals surface area contributed by atoms with Crippen LogP contribution in [0.2, 0.25) is 0 Å². The smallest absolute Gasteiger partial charge is 0.160 e. The highest BCUT2D eigenvalue weighted by atomic mass is 32.2. The van der Waals surface area contributed by atoms with Gasteiger partial charge in [-0.15, -0.1) is 24.0 Å². The Bertz CT molecular complexity index is 341. The Morgan fingerprint density at radius 2 is 1.58 bits per heavy atom. The fourth-order valence-electron chi connectivity index (χ4n) is 0.785. The molecule has 0 atom stereocenters. The van der Waals surface area contributed by atoms with Gasteiger partial charge in [-0.1, -0.05) is 0 Å². The van der Waals surface area contributed by atoms with Gasteiger partial charge in [0.1, 0.15) is 0 Å². The van der Waals surface area contributed by atoms with E-state index in [-0.39, 0.29) is 16.0 Å². The summed E-state index contributed by atoms with van der Waals surface area (Å²) < 4.78 is 0.397. The molecule has 1 heterocycles. The molecule has 0 spiro atoms. The van der Waals surface area contributed by atoms with Gasteiger partial charge in [0.2, 0.25) is 0 Å². The van der Waals surface area contributed by atoms with Crippen LogP contribution in [0.4, 0.5) is 0 Å². The van der Waals surface area contributed by atoms with E-state index in [0.717, 1.165) is 11.3 Å². The highest BCUT2D eigenvalue weighted by Gasteiger charge is 2.13. The summed E-state index contributed by atoms with van der Waals surface area (Å²) in [5.74, 6) is 0. The second-order valence-corrected chi connectivity index (χ2v) is 3.75. The normalized spacial score (nSPS) is 9.42. The van der Waals surface area contributed by atoms with Gasteiger partial charge in [0, 0.05) is 11.1 Å². The number of carbonyl (C=O) groups excluding carboxylic acids is 3. The Morgan fingerprint density at radius 3 is 2.00 bits per heavy atom. The molecule has 3 nitrogen and oxygen atoms in total. The third-order valence-electron chi connectivity index (χ3n) is 1.34. The van der Waals surface area contributed by atoms with Crippen molar-refractivity contribution in [2.75, 3.05) is 0 Å². The van der Waals surface area contributed by atoms with Gasteiger partial charge < -0.3 is 0 Å². The van der Waals surface area contributed by atoms with Crippen molar-refractivity contribution in [1.82, 2.24) is 0 Å². The number of hydrogen-bond acceptors (Lipinski definition) is 5. The van der Waals surface area contributed by atoms with Gasteiger partial charge in [0.05, 0.1) is 9.09 Å². The van der Waals surface area contributed by atoms with Gasteiger partial charge >= 0.3 is 0 Å². The summed E-state index contributed by atoms with van der Waals surface area (Å²) in [7, 11) is 0. The summed E-state index contributed by atoms with van der Waals surface area (Å²) in [6.07, 6.45) is 1.56. The van der Waals surface area contributed by atoms with Crippen molar-refractivity contribution < 1.29 is 14.4 Å². The quantitative estimate of drug-likeness (QED) is 0.594. The Hall–Kier alpha value is -0.940. The summed E-state index contributed by atoms with van der Waals surface area (Å²) in [4.78, 5) is 31.5. The van der Waals surface area contributed by atoms with Gasteiger partial charge in [-0.3, -0.25) is 14.4 Å². The second-order valence-electron chi connectivity index (χ2n) is 1.95. The number of rotatable bonds is 3. The molecule has 0 aromatic carbocycles. The van der Waals surface area contributed by atoms with Crippen LogP contribution in [0.1, 0.15) is 30.4 Å². The van der Waals surface area contributed by atoms with Crippen LogP contribution < -0.4 is 0 Å². The highest BCUT2D eigenvalue weighted by molar-refractivity contribution is 7.83. The van der Waals surface area contributed by atoms with Crippen molar-refractivity contribution in [3.8, 4) is 0 Å². The van der Waals surface area contributed by atoms with Gasteiger partial charge in [0.25, 0.3) is 0 Å². The molecule has 0 radical (unpaired) electrons. The van der Waals surface area contributed by atoms with Crippen LogP contribution in [0.15, 0.2) is 4.21 Å². The third-order valence-corrected chi connectivity index (χ3v) is 2.80. The van der Waals surface area contributed by atoms with E-state index in [2.05, 4.69) is 12.6 Å². The predicted octanol–water partition coefficient (Wildman–Crippen LogP) is 1.47. The maximum atomic E-state index is 10.4. The largest absolute Gasteiger partial charge is 0.298 e. The SMILES string of the molecule is O=Cc1sc(S)c(C=O)c1C=O. The van der Waals surface area contributed by atoms with Gasteiger partial charge in [-0.05, 0) is 0 Å². The monoisotopic (exact) mass is 200 g/mol. The molecule has 62 valence electrons. The van der Waals surface area contributed by atoms with E-state index in [1.807, 2.05) is 0 Å². The molecule has 1 aromatic heterocycles. The van der Waals surface area contributed by atoms with E-state index in [9.17, 15) is 14.4 Å². The Labute approximate surface area is 77.8 Å². The van der Waals surface area contributed by atoms with Crippen molar-refractivity contribution >= 4 is 42.8 Å². The molecule has 0 fully saturated rings. The average molecular weight is 200 g/mol.